The minimum atomic E-state index is 0.349. The fraction of sp³-hybridized carbons (Fsp3) is 0.667. The van der Waals surface area contributed by atoms with Gasteiger partial charge in [0, 0.05) is 26.4 Å². The molecule has 0 radical (unpaired) electrons. The van der Waals surface area contributed by atoms with Crippen LogP contribution in [-0.2, 0) is 4.74 Å². The summed E-state index contributed by atoms with van der Waals surface area (Å²) in [4.78, 5) is 10.8. The van der Waals surface area contributed by atoms with E-state index in [1.165, 1.54) is 12.8 Å². The molecule has 1 aromatic heterocycles. The van der Waals surface area contributed by atoms with Crippen LogP contribution in [-0.4, -0.2) is 42.5 Å². The van der Waals surface area contributed by atoms with Crippen LogP contribution < -0.4 is 4.90 Å². The van der Waals surface area contributed by atoms with Crippen LogP contribution >= 0.6 is 11.8 Å². The van der Waals surface area contributed by atoms with Crippen LogP contribution in [0.3, 0.4) is 0 Å². The summed E-state index contributed by atoms with van der Waals surface area (Å²) in [7, 11) is 2.06. The lowest BCUT2D eigenvalue weighted by atomic mass is 10.1. The molecule has 0 aromatic carbocycles. The van der Waals surface area contributed by atoms with Crippen molar-refractivity contribution in [2.75, 3.05) is 31.4 Å². The van der Waals surface area contributed by atoms with Gasteiger partial charge in [0.05, 0.1) is 6.10 Å². The molecule has 1 atom stereocenters. The average Bonchev–Trinajstić information content (AvgIpc) is 2.40. The maximum atomic E-state index is 5.74. The zero-order chi connectivity index (χ0) is 12.1. The first-order valence-electron chi connectivity index (χ1n) is 5.99. The van der Waals surface area contributed by atoms with Crippen LogP contribution in [0.1, 0.15) is 19.3 Å². The van der Waals surface area contributed by atoms with E-state index in [1.54, 1.807) is 11.8 Å². The van der Waals surface area contributed by atoms with E-state index in [1.807, 2.05) is 18.5 Å². The fourth-order valence-electron chi connectivity index (χ4n) is 1.99. The van der Waals surface area contributed by atoms with Gasteiger partial charge in [-0.3, -0.25) is 0 Å². The van der Waals surface area contributed by atoms with Gasteiger partial charge in [0.25, 0.3) is 0 Å². The zero-order valence-corrected chi connectivity index (χ0v) is 11.2. The number of nitrogens with zero attached hydrogens (tertiary/aromatic N) is 3. The van der Waals surface area contributed by atoms with Gasteiger partial charge in [0.15, 0.2) is 5.16 Å². The van der Waals surface area contributed by atoms with E-state index in [0.29, 0.717) is 6.10 Å². The molecule has 0 N–H and O–H groups in total. The lowest BCUT2D eigenvalue weighted by molar-refractivity contribution is 0.0215. The lowest BCUT2D eigenvalue weighted by Gasteiger charge is -2.28. The molecule has 94 valence electrons. The molecule has 0 aliphatic carbocycles. The van der Waals surface area contributed by atoms with Crippen molar-refractivity contribution in [1.29, 1.82) is 0 Å². The number of hydrogen-bond donors (Lipinski definition) is 0. The van der Waals surface area contributed by atoms with E-state index in [0.717, 1.165) is 30.5 Å². The summed E-state index contributed by atoms with van der Waals surface area (Å²) in [6.07, 6.45) is 7.78. The first-order chi connectivity index (χ1) is 8.29. The molecule has 4 nitrogen and oxygen atoms in total. The van der Waals surface area contributed by atoms with Gasteiger partial charge in [-0.1, -0.05) is 11.8 Å². The monoisotopic (exact) mass is 253 g/mol. The Labute approximate surface area is 107 Å². The third-order valence-corrected chi connectivity index (χ3v) is 3.51. The SMILES string of the molecule is CSc1nccc(N(C)CC2CCCCO2)n1. The minimum Gasteiger partial charge on any atom is -0.376 e. The summed E-state index contributed by atoms with van der Waals surface area (Å²) in [5.74, 6) is 0.971. The molecule has 0 bridgehead atoms. The summed E-state index contributed by atoms with van der Waals surface area (Å²) in [5, 5.41) is 0.818. The second kappa shape index (κ2) is 6.21. The van der Waals surface area contributed by atoms with Crippen LogP contribution in [0.25, 0.3) is 0 Å². The normalized spacial score (nSPS) is 20.2. The Hall–Kier alpha value is -0.810. The van der Waals surface area contributed by atoms with Crippen molar-refractivity contribution < 1.29 is 4.74 Å². The molecular weight excluding hydrogens is 234 g/mol. The molecule has 2 heterocycles. The van der Waals surface area contributed by atoms with Gasteiger partial charge in [-0.2, -0.15) is 0 Å². The molecule has 17 heavy (non-hydrogen) atoms. The van der Waals surface area contributed by atoms with Crippen LogP contribution in [0.4, 0.5) is 5.82 Å². The molecular formula is C12H19N3OS. The fourth-order valence-corrected chi connectivity index (χ4v) is 2.34. The largest absolute Gasteiger partial charge is 0.376 e. The highest BCUT2D eigenvalue weighted by Gasteiger charge is 2.16. The standard InChI is InChI=1S/C12H19N3OS/c1-15(9-10-5-3-4-8-16-10)11-6-7-13-12(14-11)17-2/h6-7,10H,3-5,8-9H2,1-2H3. The molecule has 1 aromatic rings. The number of aromatic nitrogens is 2. The van der Waals surface area contributed by atoms with Crippen molar-refractivity contribution in [3.05, 3.63) is 12.3 Å². The molecule has 1 aliphatic rings. The van der Waals surface area contributed by atoms with E-state index in [-0.39, 0.29) is 0 Å². The lowest BCUT2D eigenvalue weighted by Crippen LogP contribution is -2.33. The van der Waals surface area contributed by atoms with Crippen molar-refractivity contribution in [3.63, 3.8) is 0 Å². The highest BCUT2D eigenvalue weighted by Crippen LogP contribution is 2.17. The third-order valence-electron chi connectivity index (χ3n) is 2.94. The number of likely N-dealkylation sites (N-methyl/N-ethyl adjacent to an activating group) is 1. The van der Waals surface area contributed by atoms with Crippen molar-refractivity contribution >= 4 is 17.6 Å². The molecule has 1 aliphatic heterocycles. The summed E-state index contributed by atoms with van der Waals surface area (Å²) in [6.45, 7) is 1.81. The van der Waals surface area contributed by atoms with Gasteiger partial charge in [-0.25, -0.2) is 9.97 Å². The van der Waals surface area contributed by atoms with Gasteiger partial charge in [-0.05, 0) is 31.6 Å². The molecule has 1 fully saturated rings. The van der Waals surface area contributed by atoms with Crippen LogP contribution in [0.2, 0.25) is 0 Å². The predicted molar refractivity (Wildman–Crippen MR) is 70.7 cm³/mol. The van der Waals surface area contributed by atoms with E-state index >= 15 is 0 Å². The number of thioether (sulfide) groups is 1. The Morgan fingerprint density at radius 1 is 1.53 bits per heavy atom. The zero-order valence-electron chi connectivity index (χ0n) is 10.4. The summed E-state index contributed by atoms with van der Waals surface area (Å²) in [6, 6.07) is 1.95. The maximum absolute atomic E-state index is 5.74. The smallest absolute Gasteiger partial charge is 0.189 e. The van der Waals surface area contributed by atoms with Gasteiger partial charge < -0.3 is 9.64 Å². The first kappa shape index (κ1) is 12.6. The summed E-state index contributed by atoms with van der Waals surface area (Å²) >= 11 is 1.57. The molecule has 1 unspecified atom stereocenters. The van der Waals surface area contributed by atoms with Gasteiger partial charge in [0.1, 0.15) is 5.82 Å². The van der Waals surface area contributed by atoms with Gasteiger partial charge >= 0.3 is 0 Å². The Morgan fingerprint density at radius 2 is 2.41 bits per heavy atom. The predicted octanol–water partition coefficient (Wildman–Crippen LogP) is 2.20. The number of hydrogen-bond acceptors (Lipinski definition) is 5. The third kappa shape index (κ3) is 3.57. The van der Waals surface area contributed by atoms with E-state index in [9.17, 15) is 0 Å². The van der Waals surface area contributed by atoms with Crippen molar-refractivity contribution in [3.8, 4) is 0 Å². The molecule has 1 saturated heterocycles. The minimum absolute atomic E-state index is 0.349. The summed E-state index contributed by atoms with van der Waals surface area (Å²) in [5.41, 5.74) is 0. The van der Waals surface area contributed by atoms with Crippen LogP contribution in [0.15, 0.2) is 17.4 Å². The van der Waals surface area contributed by atoms with Gasteiger partial charge in [0.2, 0.25) is 0 Å². The number of ether oxygens (including phenoxy) is 1. The molecule has 5 heteroatoms. The second-order valence-electron chi connectivity index (χ2n) is 4.27. The Bertz CT molecular complexity index is 355. The highest BCUT2D eigenvalue weighted by molar-refractivity contribution is 7.98. The van der Waals surface area contributed by atoms with E-state index in [2.05, 4.69) is 21.9 Å². The van der Waals surface area contributed by atoms with Crippen molar-refractivity contribution in [2.45, 2.75) is 30.5 Å². The maximum Gasteiger partial charge on any atom is 0.189 e. The quantitative estimate of drug-likeness (QED) is 0.607. The Kier molecular flexibility index (Phi) is 4.62. The van der Waals surface area contributed by atoms with Crippen LogP contribution in [0.5, 0.6) is 0 Å². The van der Waals surface area contributed by atoms with Crippen molar-refractivity contribution in [2.24, 2.45) is 0 Å². The molecule has 0 amide bonds. The second-order valence-corrected chi connectivity index (χ2v) is 5.04. The first-order valence-corrected chi connectivity index (χ1v) is 7.22. The average molecular weight is 253 g/mol. The van der Waals surface area contributed by atoms with Crippen LogP contribution in [0, 0.1) is 0 Å². The highest BCUT2D eigenvalue weighted by atomic mass is 32.2. The summed E-state index contributed by atoms with van der Waals surface area (Å²) < 4.78 is 5.74. The molecule has 0 saturated carbocycles. The van der Waals surface area contributed by atoms with E-state index in [4.69, 9.17) is 4.74 Å². The Balaban J connectivity index is 1.95. The topological polar surface area (TPSA) is 38.2 Å². The van der Waals surface area contributed by atoms with E-state index < -0.39 is 0 Å². The Morgan fingerprint density at radius 3 is 3.12 bits per heavy atom. The molecule has 2 rings (SSSR count). The number of rotatable bonds is 4. The number of anilines is 1. The molecule has 0 spiro atoms. The van der Waals surface area contributed by atoms with Crippen molar-refractivity contribution in [1.82, 2.24) is 9.97 Å². The van der Waals surface area contributed by atoms with Gasteiger partial charge in [-0.15, -0.1) is 0 Å².